The molecule has 31 heavy (non-hydrogen) atoms. The SMILES string of the molecule is Nc1ccc(Cl)cc1-c1cc2c([n+]([O-])c1)C(O)(C1=NC=C(c3cccc(F)c3)C1)CC2. The predicted octanol–water partition coefficient (Wildman–Crippen LogP) is 4.38. The minimum absolute atomic E-state index is 0.282. The Balaban J connectivity index is 1.49. The van der Waals surface area contributed by atoms with E-state index in [2.05, 4.69) is 4.99 Å². The minimum atomic E-state index is -1.47. The quantitative estimate of drug-likeness (QED) is 0.363. The van der Waals surface area contributed by atoms with Crippen LogP contribution in [0.2, 0.25) is 5.02 Å². The van der Waals surface area contributed by atoms with Crippen LogP contribution in [0.5, 0.6) is 0 Å². The molecule has 1 aliphatic heterocycles. The lowest BCUT2D eigenvalue weighted by Crippen LogP contribution is -2.45. The molecule has 5 nitrogen and oxygen atoms in total. The molecule has 2 heterocycles. The molecule has 5 rings (SSSR count). The molecular weight excluding hydrogens is 417 g/mol. The molecule has 156 valence electrons. The molecule has 1 aliphatic carbocycles. The molecular formula is C24H19ClFN3O2. The Labute approximate surface area is 183 Å². The van der Waals surface area contributed by atoms with Crippen LogP contribution in [0, 0.1) is 11.0 Å². The van der Waals surface area contributed by atoms with Gasteiger partial charge in [0.05, 0.1) is 5.71 Å². The molecule has 3 N–H and O–H groups in total. The van der Waals surface area contributed by atoms with E-state index in [-0.39, 0.29) is 11.5 Å². The highest BCUT2D eigenvalue weighted by molar-refractivity contribution is 6.31. The van der Waals surface area contributed by atoms with Crippen molar-refractivity contribution in [3.05, 3.63) is 93.8 Å². The van der Waals surface area contributed by atoms with Gasteiger partial charge in [0.15, 0.2) is 11.8 Å². The van der Waals surface area contributed by atoms with Gasteiger partial charge < -0.3 is 16.0 Å². The number of nitrogens with zero attached hydrogens (tertiary/aromatic N) is 2. The maximum atomic E-state index is 13.6. The number of allylic oxidation sites excluding steroid dienone is 1. The van der Waals surface area contributed by atoms with E-state index in [0.29, 0.717) is 57.1 Å². The Kier molecular flexibility index (Phi) is 4.57. The van der Waals surface area contributed by atoms with Crippen LogP contribution < -0.4 is 10.5 Å². The van der Waals surface area contributed by atoms with Gasteiger partial charge in [-0.1, -0.05) is 23.7 Å². The van der Waals surface area contributed by atoms with E-state index in [0.717, 1.165) is 11.1 Å². The summed E-state index contributed by atoms with van der Waals surface area (Å²) in [6, 6.07) is 13.2. The van der Waals surface area contributed by atoms with Crippen LogP contribution in [0.4, 0.5) is 10.1 Å². The van der Waals surface area contributed by atoms with Crippen LogP contribution in [0.1, 0.15) is 29.7 Å². The average molecular weight is 436 g/mol. The van der Waals surface area contributed by atoms with E-state index < -0.39 is 5.60 Å². The number of hydrogen-bond donors (Lipinski definition) is 2. The van der Waals surface area contributed by atoms with Gasteiger partial charge >= 0.3 is 0 Å². The monoisotopic (exact) mass is 435 g/mol. The van der Waals surface area contributed by atoms with Gasteiger partial charge in [0, 0.05) is 40.0 Å². The van der Waals surface area contributed by atoms with Gasteiger partial charge in [0.2, 0.25) is 5.69 Å². The van der Waals surface area contributed by atoms with Gasteiger partial charge in [-0.25, -0.2) is 4.39 Å². The molecule has 1 atom stereocenters. The molecule has 2 aromatic carbocycles. The highest BCUT2D eigenvalue weighted by Crippen LogP contribution is 2.42. The van der Waals surface area contributed by atoms with E-state index >= 15 is 0 Å². The first kappa shape index (κ1) is 19.7. The highest BCUT2D eigenvalue weighted by Gasteiger charge is 2.49. The summed E-state index contributed by atoms with van der Waals surface area (Å²) in [5.74, 6) is -0.331. The number of nitrogen functional groups attached to an aromatic ring is 1. The standard InChI is InChI=1S/C24H19ClFN3O2/c25-18-4-5-21(27)20(11-18)17-8-15-6-7-24(30,23(15)29(31)13-17)22-10-16(12-28-22)14-2-1-3-19(26)9-14/h1-5,8-9,11-13,30H,6-7,10,27H2. The molecule has 2 aliphatic rings. The lowest BCUT2D eigenvalue weighted by molar-refractivity contribution is -0.619. The first-order valence-corrected chi connectivity index (χ1v) is 10.3. The fraction of sp³-hybridized carbons (Fsp3) is 0.167. The maximum Gasteiger partial charge on any atom is 0.233 e. The molecule has 0 saturated heterocycles. The number of fused-ring (bicyclic) bond motifs is 1. The summed E-state index contributed by atoms with van der Waals surface area (Å²) in [5, 5.41) is 25.1. The number of anilines is 1. The Morgan fingerprint density at radius 1 is 1.16 bits per heavy atom. The molecule has 0 radical (unpaired) electrons. The summed E-state index contributed by atoms with van der Waals surface area (Å²) in [4.78, 5) is 4.42. The number of aromatic nitrogens is 1. The van der Waals surface area contributed by atoms with Crippen molar-refractivity contribution in [2.45, 2.75) is 24.9 Å². The summed E-state index contributed by atoms with van der Waals surface area (Å²) < 4.78 is 14.3. The van der Waals surface area contributed by atoms with Gasteiger partial charge in [-0.05, 0) is 60.4 Å². The Bertz CT molecular complexity index is 1290. The van der Waals surface area contributed by atoms with Gasteiger partial charge in [-0.2, -0.15) is 4.73 Å². The van der Waals surface area contributed by atoms with Crippen LogP contribution in [0.15, 0.2) is 65.9 Å². The van der Waals surface area contributed by atoms with Gasteiger partial charge in [0.25, 0.3) is 0 Å². The van der Waals surface area contributed by atoms with Crippen molar-refractivity contribution >= 4 is 28.6 Å². The van der Waals surface area contributed by atoms with Crippen molar-refractivity contribution in [2.75, 3.05) is 5.73 Å². The zero-order chi connectivity index (χ0) is 21.8. The summed E-state index contributed by atoms with van der Waals surface area (Å²) >= 11 is 6.10. The largest absolute Gasteiger partial charge is 0.618 e. The summed E-state index contributed by atoms with van der Waals surface area (Å²) in [6.07, 6.45) is 4.27. The summed E-state index contributed by atoms with van der Waals surface area (Å²) in [7, 11) is 0. The van der Waals surface area contributed by atoms with Crippen molar-refractivity contribution in [2.24, 2.45) is 4.99 Å². The molecule has 1 aromatic heterocycles. The topological polar surface area (TPSA) is 85.5 Å². The lowest BCUT2D eigenvalue weighted by Gasteiger charge is -2.23. The maximum absolute atomic E-state index is 13.6. The van der Waals surface area contributed by atoms with Crippen molar-refractivity contribution < 1.29 is 14.2 Å². The zero-order valence-electron chi connectivity index (χ0n) is 16.5. The number of rotatable bonds is 3. The number of benzene rings is 2. The van der Waals surface area contributed by atoms with E-state index in [1.165, 1.54) is 18.3 Å². The summed E-state index contributed by atoms with van der Waals surface area (Å²) in [5.41, 5.74) is 9.47. The second-order valence-electron chi connectivity index (χ2n) is 7.94. The molecule has 1 unspecified atom stereocenters. The van der Waals surface area contributed by atoms with Crippen molar-refractivity contribution in [3.8, 4) is 11.1 Å². The number of aryl methyl sites for hydroxylation is 1. The van der Waals surface area contributed by atoms with Gasteiger partial charge in [-0.15, -0.1) is 0 Å². The minimum Gasteiger partial charge on any atom is -0.618 e. The molecule has 0 fully saturated rings. The van der Waals surface area contributed by atoms with Crippen LogP contribution in [-0.4, -0.2) is 10.8 Å². The number of aliphatic imine (C=N–C) groups is 1. The second kappa shape index (κ2) is 7.18. The molecule has 0 amide bonds. The second-order valence-corrected chi connectivity index (χ2v) is 8.37. The van der Waals surface area contributed by atoms with Crippen LogP contribution >= 0.6 is 11.6 Å². The third-order valence-corrected chi connectivity index (χ3v) is 6.23. The Hall–Kier alpha value is -3.22. The Morgan fingerprint density at radius 3 is 2.81 bits per heavy atom. The van der Waals surface area contributed by atoms with Crippen molar-refractivity contribution in [1.82, 2.24) is 0 Å². The first-order valence-electron chi connectivity index (χ1n) is 9.91. The molecule has 0 saturated carbocycles. The fourth-order valence-corrected chi connectivity index (χ4v) is 4.62. The number of halogens is 2. The van der Waals surface area contributed by atoms with Crippen LogP contribution in [0.3, 0.4) is 0 Å². The number of nitrogens with two attached hydrogens (primary N) is 1. The Morgan fingerprint density at radius 2 is 2.00 bits per heavy atom. The molecule has 0 bridgehead atoms. The molecule has 3 aromatic rings. The predicted molar refractivity (Wildman–Crippen MR) is 119 cm³/mol. The molecule has 7 heteroatoms. The van der Waals surface area contributed by atoms with E-state index in [1.807, 2.05) is 6.07 Å². The molecule has 0 spiro atoms. The number of pyridine rings is 1. The van der Waals surface area contributed by atoms with Crippen LogP contribution in [-0.2, 0) is 12.0 Å². The van der Waals surface area contributed by atoms with E-state index in [4.69, 9.17) is 17.3 Å². The van der Waals surface area contributed by atoms with Crippen molar-refractivity contribution in [3.63, 3.8) is 0 Å². The zero-order valence-corrected chi connectivity index (χ0v) is 17.2. The average Bonchev–Trinajstić information content (AvgIpc) is 3.36. The van der Waals surface area contributed by atoms with E-state index in [9.17, 15) is 14.7 Å². The lowest BCUT2D eigenvalue weighted by atomic mass is 9.89. The number of hydrogen-bond acceptors (Lipinski definition) is 4. The third kappa shape index (κ3) is 3.28. The van der Waals surface area contributed by atoms with Crippen molar-refractivity contribution in [1.29, 1.82) is 0 Å². The third-order valence-electron chi connectivity index (χ3n) is 5.99. The normalized spacial score (nSPS) is 19.8. The van der Waals surface area contributed by atoms with Gasteiger partial charge in [0.1, 0.15) is 5.82 Å². The highest BCUT2D eigenvalue weighted by atomic mass is 35.5. The van der Waals surface area contributed by atoms with Crippen LogP contribution in [0.25, 0.3) is 16.7 Å². The van der Waals surface area contributed by atoms with Gasteiger partial charge in [-0.3, -0.25) is 4.99 Å². The number of aliphatic hydroxyl groups is 1. The fourth-order valence-electron chi connectivity index (χ4n) is 4.45. The first-order chi connectivity index (χ1) is 14.8. The summed E-state index contributed by atoms with van der Waals surface area (Å²) in [6.45, 7) is 0. The smallest absolute Gasteiger partial charge is 0.233 e. The van der Waals surface area contributed by atoms with E-state index in [1.54, 1.807) is 36.5 Å².